The summed E-state index contributed by atoms with van der Waals surface area (Å²) in [5.41, 5.74) is 1.73. The van der Waals surface area contributed by atoms with E-state index >= 15 is 0 Å². The molecule has 0 bridgehead atoms. The minimum absolute atomic E-state index is 0.153. The predicted octanol–water partition coefficient (Wildman–Crippen LogP) is 2.95. The summed E-state index contributed by atoms with van der Waals surface area (Å²) in [4.78, 5) is 14.1. The van der Waals surface area contributed by atoms with Crippen LogP contribution in [0.5, 0.6) is 5.75 Å². The fourth-order valence-corrected chi connectivity index (χ4v) is 4.96. The predicted molar refractivity (Wildman–Crippen MR) is 103 cm³/mol. The average molecular weight is 388 g/mol. The van der Waals surface area contributed by atoms with Crippen molar-refractivity contribution in [3.8, 4) is 5.75 Å². The molecule has 1 aliphatic rings. The third-order valence-electron chi connectivity index (χ3n) is 4.79. The Hall–Kier alpha value is -2.38. The molecule has 0 aromatic heterocycles. The summed E-state index contributed by atoms with van der Waals surface area (Å²) in [6.45, 7) is 4.26. The zero-order valence-corrected chi connectivity index (χ0v) is 16.6. The van der Waals surface area contributed by atoms with Crippen LogP contribution in [0.15, 0.2) is 53.4 Å². The first-order valence-corrected chi connectivity index (χ1v) is 10.3. The average Bonchev–Trinajstić information content (AvgIpc) is 2.67. The summed E-state index contributed by atoms with van der Waals surface area (Å²) in [5, 5.41) is 0. The maximum Gasteiger partial charge on any atom is 0.245 e. The fraction of sp³-hybridized carbons (Fsp3) is 0.350. The molecule has 1 heterocycles. The third-order valence-corrected chi connectivity index (χ3v) is 6.66. The van der Waals surface area contributed by atoms with Crippen molar-refractivity contribution in [2.24, 2.45) is 0 Å². The molecule has 1 saturated heterocycles. The maximum absolute atomic E-state index is 13.3. The molecule has 0 N–H and O–H groups in total. The van der Waals surface area contributed by atoms with Crippen LogP contribution in [0.25, 0.3) is 0 Å². The quantitative estimate of drug-likeness (QED) is 0.808. The van der Waals surface area contributed by atoms with Crippen LogP contribution in [-0.4, -0.2) is 43.7 Å². The van der Waals surface area contributed by atoms with Gasteiger partial charge in [0, 0.05) is 20.0 Å². The second-order valence-corrected chi connectivity index (χ2v) is 8.53. The monoisotopic (exact) mass is 388 g/mol. The van der Waals surface area contributed by atoms with Gasteiger partial charge in [0.1, 0.15) is 11.9 Å². The van der Waals surface area contributed by atoms with Crippen LogP contribution in [0.2, 0.25) is 0 Å². The van der Waals surface area contributed by atoms with Gasteiger partial charge in [-0.25, -0.2) is 8.42 Å². The number of ether oxygens (including phenoxy) is 1. The molecule has 27 heavy (non-hydrogen) atoms. The van der Waals surface area contributed by atoms with E-state index < -0.39 is 16.2 Å². The van der Waals surface area contributed by atoms with Crippen molar-refractivity contribution in [2.75, 3.05) is 20.2 Å². The summed E-state index contributed by atoms with van der Waals surface area (Å²) in [6, 6.07) is 14.0. The van der Waals surface area contributed by atoms with Gasteiger partial charge in [-0.1, -0.05) is 29.8 Å². The molecule has 1 amide bonds. The van der Waals surface area contributed by atoms with Gasteiger partial charge in [-0.2, -0.15) is 4.31 Å². The highest BCUT2D eigenvalue weighted by Gasteiger charge is 2.39. The topological polar surface area (TPSA) is 66.9 Å². The van der Waals surface area contributed by atoms with Crippen LogP contribution in [0.1, 0.15) is 30.6 Å². The van der Waals surface area contributed by atoms with E-state index in [4.69, 9.17) is 4.74 Å². The van der Waals surface area contributed by atoms with E-state index in [1.807, 2.05) is 19.1 Å². The molecule has 0 spiro atoms. The molecular formula is C20H24N2O4S. The number of rotatable bonds is 4. The van der Waals surface area contributed by atoms with Gasteiger partial charge in [0.2, 0.25) is 15.9 Å². The lowest BCUT2D eigenvalue weighted by molar-refractivity contribution is -0.135. The van der Waals surface area contributed by atoms with E-state index in [0.29, 0.717) is 25.3 Å². The van der Waals surface area contributed by atoms with E-state index in [-0.39, 0.29) is 10.8 Å². The molecule has 0 radical (unpaired) electrons. The van der Waals surface area contributed by atoms with E-state index in [1.165, 1.54) is 11.2 Å². The van der Waals surface area contributed by atoms with Crippen molar-refractivity contribution in [1.82, 2.24) is 9.21 Å². The SMILES string of the molecule is COc1ccc([C@H]2N(C(C)=O)CCCN2S(=O)(=O)c2ccc(C)cc2)cc1. The molecule has 144 valence electrons. The second-order valence-electron chi connectivity index (χ2n) is 6.64. The standard InChI is InChI=1S/C20H24N2O4S/c1-15-5-11-19(12-6-15)27(24,25)22-14-4-13-21(16(2)23)20(22)17-7-9-18(26-3)10-8-17/h5-12,20H,4,13-14H2,1-3H3/t20-/m0/s1. The largest absolute Gasteiger partial charge is 0.497 e. The number of sulfonamides is 1. The summed E-state index contributed by atoms with van der Waals surface area (Å²) >= 11 is 0. The van der Waals surface area contributed by atoms with Crippen LogP contribution in [0.4, 0.5) is 0 Å². The number of aryl methyl sites for hydroxylation is 1. The van der Waals surface area contributed by atoms with Crippen molar-refractivity contribution in [2.45, 2.75) is 31.3 Å². The van der Waals surface area contributed by atoms with Gasteiger partial charge in [0.05, 0.1) is 12.0 Å². The molecule has 2 aromatic carbocycles. The molecule has 1 atom stereocenters. The Morgan fingerprint density at radius 2 is 1.67 bits per heavy atom. The highest BCUT2D eigenvalue weighted by molar-refractivity contribution is 7.89. The molecule has 1 fully saturated rings. The normalized spacial score (nSPS) is 18.3. The summed E-state index contributed by atoms with van der Waals surface area (Å²) in [5.74, 6) is 0.525. The molecule has 2 aromatic rings. The number of amides is 1. The van der Waals surface area contributed by atoms with Gasteiger partial charge >= 0.3 is 0 Å². The molecule has 0 saturated carbocycles. The van der Waals surface area contributed by atoms with Crippen molar-refractivity contribution in [3.63, 3.8) is 0 Å². The molecule has 6 nitrogen and oxygen atoms in total. The molecule has 1 aliphatic heterocycles. The fourth-order valence-electron chi connectivity index (χ4n) is 3.35. The van der Waals surface area contributed by atoms with Crippen molar-refractivity contribution < 1.29 is 17.9 Å². The Bertz CT molecular complexity index is 908. The van der Waals surface area contributed by atoms with Crippen molar-refractivity contribution >= 4 is 15.9 Å². The maximum atomic E-state index is 13.3. The lowest BCUT2D eigenvalue weighted by Gasteiger charge is -2.42. The zero-order chi connectivity index (χ0) is 19.6. The number of benzene rings is 2. The Morgan fingerprint density at radius 1 is 1.04 bits per heavy atom. The number of nitrogens with zero attached hydrogens (tertiary/aromatic N) is 2. The molecule has 3 rings (SSSR count). The highest BCUT2D eigenvalue weighted by atomic mass is 32.2. The van der Waals surface area contributed by atoms with Crippen molar-refractivity contribution in [1.29, 1.82) is 0 Å². The Labute approximate surface area is 160 Å². The van der Waals surface area contributed by atoms with Gasteiger partial charge in [-0.3, -0.25) is 4.79 Å². The van der Waals surface area contributed by atoms with Crippen LogP contribution in [0.3, 0.4) is 0 Å². The van der Waals surface area contributed by atoms with Crippen LogP contribution in [0, 0.1) is 6.92 Å². The Kier molecular flexibility index (Phi) is 5.53. The highest BCUT2D eigenvalue weighted by Crippen LogP contribution is 2.35. The van der Waals surface area contributed by atoms with Gasteiger partial charge in [-0.15, -0.1) is 0 Å². The summed E-state index contributed by atoms with van der Waals surface area (Å²) in [6.07, 6.45) is -0.0782. The minimum Gasteiger partial charge on any atom is -0.497 e. The van der Waals surface area contributed by atoms with E-state index in [0.717, 1.165) is 11.1 Å². The van der Waals surface area contributed by atoms with Gasteiger partial charge in [0.25, 0.3) is 0 Å². The molecular weight excluding hydrogens is 364 g/mol. The first-order valence-electron chi connectivity index (χ1n) is 8.84. The van der Waals surface area contributed by atoms with Crippen LogP contribution in [-0.2, 0) is 14.8 Å². The minimum atomic E-state index is -3.75. The summed E-state index contributed by atoms with van der Waals surface area (Å²) in [7, 11) is -2.17. The first kappa shape index (κ1) is 19.4. The number of carbonyl (C=O) groups is 1. The lowest BCUT2D eigenvalue weighted by atomic mass is 10.1. The van der Waals surface area contributed by atoms with Crippen LogP contribution < -0.4 is 4.74 Å². The van der Waals surface area contributed by atoms with Gasteiger partial charge < -0.3 is 9.64 Å². The van der Waals surface area contributed by atoms with E-state index in [1.54, 1.807) is 48.4 Å². The summed E-state index contributed by atoms with van der Waals surface area (Å²) < 4.78 is 33.3. The molecule has 7 heteroatoms. The third kappa shape index (κ3) is 3.84. The number of carbonyl (C=O) groups excluding carboxylic acids is 1. The molecule has 0 unspecified atom stereocenters. The molecule has 0 aliphatic carbocycles. The van der Waals surface area contributed by atoms with Crippen LogP contribution >= 0.6 is 0 Å². The van der Waals surface area contributed by atoms with E-state index in [9.17, 15) is 13.2 Å². The first-order chi connectivity index (χ1) is 12.8. The van der Waals surface area contributed by atoms with Gasteiger partial charge in [-0.05, 0) is 43.2 Å². The second kappa shape index (κ2) is 7.70. The Balaban J connectivity index is 2.07. The van der Waals surface area contributed by atoms with Gasteiger partial charge in [0.15, 0.2) is 0 Å². The van der Waals surface area contributed by atoms with Crippen molar-refractivity contribution in [3.05, 3.63) is 59.7 Å². The Morgan fingerprint density at radius 3 is 2.22 bits per heavy atom. The number of hydrogen-bond donors (Lipinski definition) is 0. The van der Waals surface area contributed by atoms with E-state index in [2.05, 4.69) is 0 Å². The zero-order valence-electron chi connectivity index (χ0n) is 15.8. The smallest absolute Gasteiger partial charge is 0.245 e. The lowest BCUT2D eigenvalue weighted by Crippen LogP contribution is -2.51. The number of methoxy groups -OCH3 is 1. The number of hydrogen-bond acceptors (Lipinski definition) is 4.